The first-order chi connectivity index (χ1) is 9.16. The normalized spacial score (nSPS) is 10.1. The SMILES string of the molecule is Nc1ccc(OCCc2ccccc2)c(C(=O)O)c1. The smallest absolute Gasteiger partial charge is 0.339 e. The van der Waals surface area contributed by atoms with Gasteiger partial charge in [0.2, 0.25) is 0 Å². The molecule has 2 rings (SSSR count). The highest BCUT2D eigenvalue weighted by molar-refractivity contribution is 5.92. The summed E-state index contributed by atoms with van der Waals surface area (Å²) in [6, 6.07) is 14.5. The maximum Gasteiger partial charge on any atom is 0.339 e. The molecule has 0 fully saturated rings. The summed E-state index contributed by atoms with van der Waals surface area (Å²) in [7, 11) is 0. The molecule has 0 aliphatic rings. The topological polar surface area (TPSA) is 72.5 Å². The number of hydrogen-bond acceptors (Lipinski definition) is 3. The lowest BCUT2D eigenvalue weighted by atomic mass is 10.1. The Hall–Kier alpha value is -2.49. The van der Waals surface area contributed by atoms with Gasteiger partial charge >= 0.3 is 5.97 Å². The third-order valence-corrected chi connectivity index (χ3v) is 2.73. The zero-order chi connectivity index (χ0) is 13.7. The highest BCUT2D eigenvalue weighted by Crippen LogP contribution is 2.21. The Morgan fingerprint density at radius 3 is 2.58 bits per heavy atom. The van der Waals surface area contributed by atoms with Gasteiger partial charge in [-0.25, -0.2) is 4.79 Å². The molecule has 0 bridgehead atoms. The number of ether oxygens (including phenoxy) is 1. The van der Waals surface area contributed by atoms with Crippen LogP contribution in [0.3, 0.4) is 0 Å². The van der Waals surface area contributed by atoms with Crippen molar-refractivity contribution >= 4 is 11.7 Å². The van der Waals surface area contributed by atoms with Crippen molar-refractivity contribution in [1.82, 2.24) is 0 Å². The highest BCUT2D eigenvalue weighted by atomic mass is 16.5. The number of nitrogen functional groups attached to an aromatic ring is 1. The van der Waals surface area contributed by atoms with Gasteiger partial charge in [0, 0.05) is 12.1 Å². The van der Waals surface area contributed by atoms with Crippen molar-refractivity contribution in [2.75, 3.05) is 12.3 Å². The number of rotatable bonds is 5. The summed E-state index contributed by atoms with van der Waals surface area (Å²) in [4.78, 5) is 11.1. The van der Waals surface area contributed by atoms with E-state index in [1.54, 1.807) is 12.1 Å². The number of benzene rings is 2. The maximum atomic E-state index is 11.1. The van der Waals surface area contributed by atoms with Gasteiger partial charge in [0.15, 0.2) is 0 Å². The Morgan fingerprint density at radius 1 is 1.16 bits per heavy atom. The summed E-state index contributed by atoms with van der Waals surface area (Å²) in [6.45, 7) is 0.425. The fourth-order valence-corrected chi connectivity index (χ4v) is 1.76. The van der Waals surface area contributed by atoms with Crippen LogP contribution in [0, 0.1) is 0 Å². The van der Waals surface area contributed by atoms with Crippen molar-refractivity contribution in [3.63, 3.8) is 0 Å². The molecule has 3 N–H and O–H groups in total. The number of carbonyl (C=O) groups is 1. The lowest BCUT2D eigenvalue weighted by Crippen LogP contribution is -2.07. The van der Waals surface area contributed by atoms with Gasteiger partial charge in [0.05, 0.1) is 6.61 Å². The third-order valence-electron chi connectivity index (χ3n) is 2.73. The monoisotopic (exact) mass is 257 g/mol. The van der Waals surface area contributed by atoms with Crippen LogP contribution in [0.15, 0.2) is 48.5 Å². The van der Waals surface area contributed by atoms with E-state index in [-0.39, 0.29) is 5.56 Å². The average molecular weight is 257 g/mol. The maximum absolute atomic E-state index is 11.1. The second kappa shape index (κ2) is 5.91. The van der Waals surface area contributed by atoms with Gasteiger partial charge in [-0.1, -0.05) is 30.3 Å². The van der Waals surface area contributed by atoms with Crippen molar-refractivity contribution in [2.45, 2.75) is 6.42 Å². The van der Waals surface area contributed by atoms with E-state index in [1.807, 2.05) is 30.3 Å². The molecule has 0 radical (unpaired) electrons. The van der Waals surface area contributed by atoms with Crippen LogP contribution in [0.1, 0.15) is 15.9 Å². The van der Waals surface area contributed by atoms with Crippen molar-refractivity contribution < 1.29 is 14.6 Å². The Bertz CT molecular complexity index is 567. The zero-order valence-corrected chi connectivity index (χ0v) is 10.4. The van der Waals surface area contributed by atoms with E-state index in [9.17, 15) is 4.79 Å². The summed E-state index contributed by atoms with van der Waals surface area (Å²) < 4.78 is 5.52. The number of aromatic carboxylic acids is 1. The first-order valence-corrected chi connectivity index (χ1v) is 5.96. The Labute approximate surface area is 111 Å². The molecule has 0 amide bonds. The predicted octanol–water partition coefficient (Wildman–Crippen LogP) is 2.59. The van der Waals surface area contributed by atoms with Crippen LogP contribution in [0.2, 0.25) is 0 Å². The Morgan fingerprint density at radius 2 is 1.89 bits per heavy atom. The molecule has 0 heterocycles. The first-order valence-electron chi connectivity index (χ1n) is 5.96. The van der Waals surface area contributed by atoms with E-state index < -0.39 is 5.97 Å². The molecule has 2 aromatic rings. The molecule has 0 spiro atoms. The number of anilines is 1. The fraction of sp³-hybridized carbons (Fsp3) is 0.133. The van der Waals surface area contributed by atoms with Gasteiger partial charge < -0.3 is 15.6 Å². The Kier molecular flexibility index (Phi) is 4.03. The standard InChI is InChI=1S/C15H15NO3/c16-12-6-7-14(13(10-12)15(17)18)19-9-8-11-4-2-1-3-5-11/h1-7,10H,8-9,16H2,(H,17,18). The van der Waals surface area contributed by atoms with Crippen LogP contribution in [0.4, 0.5) is 5.69 Å². The van der Waals surface area contributed by atoms with Gasteiger partial charge in [-0.05, 0) is 23.8 Å². The minimum Gasteiger partial charge on any atom is -0.492 e. The quantitative estimate of drug-likeness (QED) is 0.807. The van der Waals surface area contributed by atoms with Crippen LogP contribution in [0.25, 0.3) is 0 Å². The number of carboxylic acids is 1. The van der Waals surface area contributed by atoms with Gasteiger partial charge in [0.25, 0.3) is 0 Å². The third kappa shape index (κ3) is 3.48. The summed E-state index contributed by atoms with van der Waals surface area (Å²) in [5.74, 6) is -0.695. The van der Waals surface area contributed by atoms with Crippen LogP contribution >= 0.6 is 0 Å². The fourth-order valence-electron chi connectivity index (χ4n) is 1.76. The highest BCUT2D eigenvalue weighted by Gasteiger charge is 2.11. The van der Waals surface area contributed by atoms with Crippen molar-refractivity contribution in [3.05, 3.63) is 59.7 Å². The molecule has 4 nitrogen and oxygen atoms in total. The van der Waals surface area contributed by atoms with Crippen LogP contribution in [-0.2, 0) is 6.42 Å². The molecule has 0 unspecified atom stereocenters. The molecule has 0 aliphatic heterocycles. The molecule has 0 saturated heterocycles. The number of hydrogen-bond donors (Lipinski definition) is 2. The molecule has 0 aliphatic carbocycles. The number of nitrogens with two attached hydrogens (primary N) is 1. The van der Waals surface area contributed by atoms with Crippen LogP contribution in [0.5, 0.6) is 5.75 Å². The summed E-state index contributed by atoms with van der Waals surface area (Å²) in [6.07, 6.45) is 0.726. The lowest BCUT2D eigenvalue weighted by molar-refractivity contribution is 0.0692. The summed E-state index contributed by atoms with van der Waals surface area (Å²) >= 11 is 0. The van der Waals surface area contributed by atoms with Crippen molar-refractivity contribution in [1.29, 1.82) is 0 Å². The molecule has 98 valence electrons. The summed E-state index contributed by atoms with van der Waals surface area (Å²) in [5.41, 5.74) is 7.21. The summed E-state index contributed by atoms with van der Waals surface area (Å²) in [5, 5.41) is 9.07. The minimum absolute atomic E-state index is 0.0908. The molecule has 19 heavy (non-hydrogen) atoms. The average Bonchev–Trinajstić information content (AvgIpc) is 2.41. The molecule has 0 aromatic heterocycles. The molecular weight excluding hydrogens is 242 g/mol. The van der Waals surface area contributed by atoms with Gasteiger partial charge in [-0.15, -0.1) is 0 Å². The van der Waals surface area contributed by atoms with E-state index in [0.29, 0.717) is 18.0 Å². The predicted molar refractivity (Wildman–Crippen MR) is 73.5 cm³/mol. The Balaban J connectivity index is 2.02. The largest absolute Gasteiger partial charge is 0.492 e. The van der Waals surface area contributed by atoms with Crippen LogP contribution < -0.4 is 10.5 Å². The van der Waals surface area contributed by atoms with E-state index in [0.717, 1.165) is 12.0 Å². The van der Waals surface area contributed by atoms with Crippen molar-refractivity contribution in [2.24, 2.45) is 0 Å². The lowest BCUT2D eigenvalue weighted by Gasteiger charge is -2.09. The molecule has 0 saturated carbocycles. The number of carboxylic acid groups (broad SMARTS) is 1. The zero-order valence-electron chi connectivity index (χ0n) is 10.4. The second-order valence-electron chi connectivity index (χ2n) is 4.14. The first kappa shape index (κ1) is 13.0. The van der Waals surface area contributed by atoms with E-state index in [1.165, 1.54) is 6.07 Å². The van der Waals surface area contributed by atoms with Gasteiger partial charge in [-0.2, -0.15) is 0 Å². The van der Waals surface area contributed by atoms with E-state index >= 15 is 0 Å². The second-order valence-corrected chi connectivity index (χ2v) is 4.14. The van der Waals surface area contributed by atoms with Crippen molar-refractivity contribution in [3.8, 4) is 5.75 Å². The molecule has 4 heteroatoms. The van der Waals surface area contributed by atoms with Gasteiger partial charge in [-0.3, -0.25) is 0 Å². The molecular formula is C15H15NO3. The molecule has 0 atom stereocenters. The van der Waals surface area contributed by atoms with E-state index in [4.69, 9.17) is 15.6 Å². The minimum atomic E-state index is -1.04. The molecule has 2 aromatic carbocycles. The van der Waals surface area contributed by atoms with Gasteiger partial charge in [0.1, 0.15) is 11.3 Å². The van der Waals surface area contributed by atoms with Crippen LogP contribution in [-0.4, -0.2) is 17.7 Å². The van der Waals surface area contributed by atoms with E-state index in [2.05, 4.69) is 0 Å².